The molecule has 1 heterocycles. The van der Waals surface area contributed by atoms with Crippen molar-refractivity contribution >= 4 is 15.9 Å². The van der Waals surface area contributed by atoms with Gasteiger partial charge in [-0.15, -0.1) is 0 Å². The number of aromatic hydroxyl groups is 1. The number of piperidine rings is 1. The highest BCUT2D eigenvalue weighted by molar-refractivity contribution is 9.10. The van der Waals surface area contributed by atoms with Crippen molar-refractivity contribution in [1.29, 1.82) is 0 Å². The second-order valence-electron chi connectivity index (χ2n) is 5.39. The summed E-state index contributed by atoms with van der Waals surface area (Å²) in [5.74, 6) is 0.661. The Hall–Kier alpha value is -0.780. The van der Waals surface area contributed by atoms with E-state index in [-0.39, 0.29) is 5.75 Å². The molecule has 0 amide bonds. The molecule has 1 atom stereocenters. The van der Waals surface area contributed by atoms with Gasteiger partial charge in [0.05, 0.1) is 11.6 Å². The molecule has 2 rings (SSSR count). The summed E-state index contributed by atoms with van der Waals surface area (Å²) in [6.07, 6.45) is 3.91. The number of hydrogen-bond donors (Lipinski definition) is 2. The molecule has 112 valence electrons. The highest BCUT2D eigenvalue weighted by Gasteiger charge is 2.18. The van der Waals surface area contributed by atoms with Crippen LogP contribution in [-0.4, -0.2) is 43.3 Å². The maximum Gasteiger partial charge on any atom is 0.172 e. The molecule has 1 aromatic carbocycles. The largest absolute Gasteiger partial charge is 0.503 e. The van der Waals surface area contributed by atoms with Gasteiger partial charge < -0.3 is 20.1 Å². The lowest BCUT2D eigenvalue weighted by molar-refractivity contribution is 0.181. The number of methoxy groups -OCH3 is 1. The summed E-state index contributed by atoms with van der Waals surface area (Å²) in [5.41, 5.74) is 1.10. The molecule has 1 saturated heterocycles. The van der Waals surface area contributed by atoms with E-state index >= 15 is 0 Å². The monoisotopic (exact) mass is 342 g/mol. The van der Waals surface area contributed by atoms with Crippen LogP contribution < -0.4 is 10.1 Å². The Balaban J connectivity index is 1.89. The number of hydrogen-bond acceptors (Lipinski definition) is 4. The number of ether oxygens (including phenoxy) is 1. The van der Waals surface area contributed by atoms with Crippen LogP contribution in [0, 0.1) is 0 Å². The van der Waals surface area contributed by atoms with Gasteiger partial charge in [0, 0.05) is 19.1 Å². The molecule has 1 aliphatic rings. The second-order valence-corrected chi connectivity index (χ2v) is 6.24. The summed E-state index contributed by atoms with van der Waals surface area (Å²) in [5, 5.41) is 13.3. The summed E-state index contributed by atoms with van der Waals surface area (Å²) in [4.78, 5) is 2.43. The predicted molar refractivity (Wildman–Crippen MR) is 84.3 cm³/mol. The van der Waals surface area contributed by atoms with Crippen LogP contribution in [0.25, 0.3) is 0 Å². The molecular formula is C15H23BrN2O2. The topological polar surface area (TPSA) is 44.7 Å². The highest BCUT2D eigenvalue weighted by Crippen LogP contribution is 2.35. The van der Waals surface area contributed by atoms with Gasteiger partial charge in [-0.1, -0.05) is 6.42 Å². The molecule has 4 nitrogen and oxygen atoms in total. The smallest absolute Gasteiger partial charge is 0.172 e. The van der Waals surface area contributed by atoms with Gasteiger partial charge in [-0.2, -0.15) is 0 Å². The molecule has 5 heteroatoms. The standard InChI is InChI=1S/C15H23BrN2O2/c1-18-6-4-3-5-12(18)10-17-9-11-7-13(16)15(19)14(8-11)20-2/h7-8,12,17,19H,3-6,9-10H2,1-2H3. The van der Waals surface area contributed by atoms with E-state index in [9.17, 15) is 5.11 Å². The SMILES string of the molecule is COc1cc(CNCC2CCCCN2C)cc(Br)c1O. The quantitative estimate of drug-likeness (QED) is 0.863. The van der Waals surface area contributed by atoms with Gasteiger partial charge in [-0.3, -0.25) is 0 Å². The Morgan fingerprint density at radius 2 is 2.25 bits per heavy atom. The molecule has 0 aliphatic carbocycles. The summed E-state index contributed by atoms with van der Waals surface area (Å²) in [6.45, 7) is 2.97. The molecule has 1 fully saturated rings. The number of likely N-dealkylation sites (N-methyl/N-ethyl adjacent to an activating group) is 1. The van der Waals surface area contributed by atoms with Crippen LogP contribution >= 0.6 is 15.9 Å². The third-order valence-corrected chi connectivity index (χ3v) is 4.54. The lowest BCUT2D eigenvalue weighted by Gasteiger charge is -2.32. The number of likely N-dealkylation sites (tertiary alicyclic amines) is 1. The second kappa shape index (κ2) is 7.29. The molecule has 20 heavy (non-hydrogen) atoms. The summed E-state index contributed by atoms with van der Waals surface area (Å²) in [7, 11) is 3.77. The van der Waals surface area contributed by atoms with Crippen LogP contribution in [0.2, 0.25) is 0 Å². The Bertz CT molecular complexity index is 454. The average Bonchev–Trinajstić information content (AvgIpc) is 2.44. The van der Waals surface area contributed by atoms with Crippen molar-refractivity contribution in [2.24, 2.45) is 0 Å². The Morgan fingerprint density at radius 1 is 1.45 bits per heavy atom. The first-order valence-corrected chi connectivity index (χ1v) is 7.87. The van der Waals surface area contributed by atoms with E-state index in [2.05, 4.69) is 33.2 Å². The van der Waals surface area contributed by atoms with E-state index in [1.807, 2.05) is 12.1 Å². The van der Waals surface area contributed by atoms with E-state index in [1.54, 1.807) is 7.11 Å². The first-order chi connectivity index (χ1) is 9.61. The molecule has 1 unspecified atom stereocenters. The zero-order valence-electron chi connectivity index (χ0n) is 12.2. The van der Waals surface area contributed by atoms with Gasteiger partial charge in [-0.05, 0) is 60.1 Å². The fourth-order valence-corrected chi connectivity index (χ4v) is 3.16. The van der Waals surface area contributed by atoms with E-state index in [4.69, 9.17) is 4.74 Å². The first-order valence-electron chi connectivity index (χ1n) is 7.08. The van der Waals surface area contributed by atoms with Crippen LogP contribution in [0.15, 0.2) is 16.6 Å². The van der Waals surface area contributed by atoms with Gasteiger partial charge in [0.15, 0.2) is 11.5 Å². The maximum absolute atomic E-state index is 9.79. The number of rotatable bonds is 5. The normalized spacial score (nSPS) is 20.1. The molecular weight excluding hydrogens is 320 g/mol. The minimum Gasteiger partial charge on any atom is -0.503 e. The van der Waals surface area contributed by atoms with E-state index in [0.29, 0.717) is 16.3 Å². The average molecular weight is 343 g/mol. The number of phenols is 1. The molecule has 0 saturated carbocycles. The van der Waals surface area contributed by atoms with Crippen LogP contribution in [0.3, 0.4) is 0 Å². The van der Waals surface area contributed by atoms with Gasteiger partial charge in [0.2, 0.25) is 0 Å². The zero-order chi connectivity index (χ0) is 14.5. The van der Waals surface area contributed by atoms with Crippen LogP contribution in [0.5, 0.6) is 11.5 Å². The molecule has 1 aromatic rings. The Morgan fingerprint density at radius 3 is 2.95 bits per heavy atom. The van der Waals surface area contributed by atoms with E-state index < -0.39 is 0 Å². The molecule has 0 bridgehead atoms. The summed E-state index contributed by atoms with van der Waals surface area (Å²) < 4.78 is 5.83. The Labute approximate surface area is 129 Å². The van der Waals surface area contributed by atoms with Crippen molar-refractivity contribution in [3.05, 3.63) is 22.2 Å². The number of nitrogens with zero attached hydrogens (tertiary/aromatic N) is 1. The number of halogens is 1. The lowest BCUT2D eigenvalue weighted by Crippen LogP contribution is -2.42. The third kappa shape index (κ3) is 3.87. The minimum atomic E-state index is 0.156. The van der Waals surface area contributed by atoms with Gasteiger partial charge in [-0.25, -0.2) is 0 Å². The zero-order valence-corrected chi connectivity index (χ0v) is 13.7. The molecule has 0 aromatic heterocycles. The number of benzene rings is 1. The van der Waals surface area contributed by atoms with Gasteiger partial charge in [0.1, 0.15) is 0 Å². The van der Waals surface area contributed by atoms with Crippen LogP contribution in [-0.2, 0) is 6.54 Å². The fourth-order valence-electron chi connectivity index (χ4n) is 2.67. The van der Waals surface area contributed by atoms with Gasteiger partial charge >= 0.3 is 0 Å². The van der Waals surface area contributed by atoms with Crippen LogP contribution in [0.1, 0.15) is 24.8 Å². The summed E-state index contributed by atoms with van der Waals surface area (Å²) in [6, 6.07) is 4.43. The molecule has 0 radical (unpaired) electrons. The highest BCUT2D eigenvalue weighted by atomic mass is 79.9. The molecule has 0 spiro atoms. The van der Waals surface area contributed by atoms with Crippen LogP contribution in [0.4, 0.5) is 0 Å². The first kappa shape index (κ1) is 15.6. The van der Waals surface area contributed by atoms with E-state index in [0.717, 1.165) is 18.7 Å². The Kier molecular flexibility index (Phi) is 5.69. The number of nitrogens with one attached hydrogen (secondary N) is 1. The minimum absolute atomic E-state index is 0.156. The number of phenolic OH excluding ortho intramolecular Hbond substituents is 1. The molecule has 1 aliphatic heterocycles. The van der Waals surface area contributed by atoms with Crippen molar-refractivity contribution in [3.8, 4) is 11.5 Å². The predicted octanol–water partition coefficient (Wildman–Crippen LogP) is 2.74. The van der Waals surface area contributed by atoms with Crippen molar-refractivity contribution in [1.82, 2.24) is 10.2 Å². The van der Waals surface area contributed by atoms with Crippen molar-refractivity contribution in [2.75, 3.05) is 27.2 Å². The van der Waals surface area contributed by atoms with Crippen molar-refractivity contribution < 1.29 is 9.84 Å². The van der Waals surface area contributed by atoms with Gasteiger partial charge in [0.25, 0.3) is 0 Å². The lowest BCUT2D eigenvalue weighted by atomic mass is 10.0. The van der Waals surface area contributed by atoms with Crippen molar-refractivity contribution in [2.45, 2.75) is 31.8 Å². The molecule has 2 N–H and O–H groups in total. The third-order valence-electron chi connectivity index (χ3n) is 3.94. The summed E-state index contributed by atoms with van der Waals surface area (Å²) >= 11 is 3.35. The maximum atomic E-state index is 9.79. The van der Waals surface area contributed by atoms with E-state index in [1.165, 1.54) is 25.8 Å². The van der Waals surface area contributed by atoms with Crippen molar-refractivity contribution in [3.63, 3.8) is 0 Å². The fraction of sp³-hybridized carbons (Fsp3) is 0.600.